The monoisotopic (exact) mass is 207 g/mol. The Labute approximate surface area is 90.4 Å². The summed E-state index contributed by atoms with van der Waals surface area (Å²) in [7, 11) is 1.91. The topological polar surface area (TPSA) is 38.3 Å². The molecule has 0 heterocycles. The van der Waals surface area contributed by atoms with E-state index in [4.69, 9.17) is 4.74 Å². The van der Waals surface area contributed by atoms with Crippen LogP contribution < -0.4 is 5.32 Å². The van der Waals surface area contributed by atoms with Crippen molar-refractivity contribution in [1.29, 1.82) is 0 Å². The zero-order valence-electron chi connectivity index (χ0n) is 9.41. The molecule has 1 aromatic carbocycles. The van der Waals surface area contributed by atoms with Crippen LogP contribution in [-0.4, -0.2) is 19.6 Å². The van der Waals surface area contributed by atoms with Gasteiger partial charge in [0.1, 0.15) is 0 Å². The summed E-state index contributed by atoms with van der Waals surface area (Å²) < 4.78 is 4.90. The van der Waals surface area contributed by atoms with Crippen LogP contribution in [0.25, 0.3) is 0 Å². The van der Waals surface area contributed by atoms with Crippen LogP contribution in [-0.2, 0) is 4.74 Å². The first-order valence-corrected chi connectivity index (χ1v) is 5.13. The Morgan fingerprint density at radius 2 is 2.00 bits per heavy atom. The predicted octanol–water partition coefficient (Wildman–Crippen LogP) is 2.14. The van der Waals surface area contributed by atoms with Gasteiger partial charge in [-0.3, -0.25) is 0 Å². The Morgan fingerprint density at radius 1 is 1.40 bits per heavy atom. The Kier molecular flexibility index (Phi) is 4.31. The fourth-order valence-electron chi connectivity index (χ4n) is 1.29. The fraction of sp³-hybridized carbons (Fsp3) is 0.417. The maximum absolute atomic E-state index is 11.4. The Hall–Kier alpha value is -1.35. The van der Waals surface area contributed by atoms with Gasteiger partial charge in [-0.15, -0.1) is 0 Å². The molecular weight excluding hydrogens is 190 g/mol. The third-order valence-electron chi connectivity index (χ3n) is 2.35. The summed E-state index contributed by atoms with van der Waals surface area (Å²) in [4.78, 5) is 11.4. The molecule has 0 bridgehead atoms. The van der Waals surface area contributed by atoms with E-state index in [1.165, 1.54) is 0 Å². The third-order valence-corrected chi connectivity index (χ3v) is 2.35. The Balaban J connectivity index is 2.76. The molecule has 0 saturated carbocycles. The molecule has 3 nitrogen and oxygen atoms in total. The molecule has 1 rings (SSSR count). The molecule has 82 valence electrons. The van der Waals surface area contributed by atoms with Crippen molar-refractivity contribution in [3.05, 3.63) is 35.4 Å². The van der Waals surface area contributed by atoms with E-state index in [1.54, 1.807) is 19.1 Å². The summed E-state index contributed by atoms with van der Waals surface area (Å²) in [5, 5.41) is 3.14. The number of ether oxygens (including phenoxy) is 1. The van der Waals surface area contributed by atoms with E-state index in [0.29, 0.717) is 18.2 Å². The van der Waals surface area contributed by atoms with Gasteiger partial charge in [-0.1, -0.05) is 12.1 Å². The molecule has 0 aliphatic heterocycles. The zero-order valence-corrected chi connectivity index (χ0v) is 9.41. The molecule has 0 aliphatic carbocycles. The molecule has 0 unspecified atom stereocenters. The van der Waals surface area contributed by atoms with Crippen LogP contribution in [0.3, 0.4) is 0 Å². The van der Waals surface area contributed by atoms with Crippen LogP contribution in [0.15, 0.2) is 24.3 Å². The van der Waals surface area contributed by atoms with Crippen molar-refractivity contribution in [2.24, 2.45) is 0 Å². The summed E-state index contributed by atoms with van der Waals surface area (Å²) in [5.41, 5.74) is 1.76. The van der Waals surface area contributed by atoms with Crippen molar-refractivity contribution in [2.75, 3.05) is 13.7 Å². The first-order chi connectivity index (χ1) is 7.19. The van der Waals surface area contributed by atoms with Gasteiger partial charge < -0.3 is 10.1 Å². The van der Waals surface area contributed by atoms with Gasteiger partial charge in [-0.25, -0.2) is 4.79 Å². The quantitative estimate of drug-likeness (QED) is 0.769. The SMILES string of the molecule is CCOC(=O)c1ccc([C@H](C)NC)cc1. The highest BCUT2D eigenvalue weighted by Gasteiger charge is 2.07. The lowest BCUT2D eigenvalue weighted by molar-refractivity contribution is 0.0526. The van der Waals surface area contributed by atoms with Crippen LogP contribution in [0.1, 0.15) is 35.8 Å². The number of esters is 1. The average molecular weight is 207 g/mol. The fourth-order valence-corrected chi connectivity index (χ4v) is 1.29. The highest BCUT2D eigenvalue weighted by molar-refractivity contribution is 5.89. The summed E-state index contributed by atoms with van der Waals surface area (Å²) in [6.07, 6.45) is 0. The van der Waals surface area contributed by atoms with Crippen molar-refractivity contribution in [1.82, 2.24) is 5.32 Å². The normalized spacial score (nSPS) is 12.2. The summed E-state index contributed by atoms with van der Waals surface area (Å²) in [6.45, 7) is 4.28. The molecular formula is C12H17NO2. The number of benzene rings is 1. The minimum atomic E-state index is -0.263. The third kappa shape index (κ3) is 3.06. The molecule has 15 heavy (non-hydrogen) atoms. The van der Waals surface area contributed by atoms with Crippen LogP contribution in [0.2, 0.25) is 0 Å². The van der Waals surface area contributed by atoms with E-state index >= 15 is 0 Å². The second-order valence-electron chi connectivity index (χ2n) is 3.35. The van der Waals surface area contributed by atoms with Crippen LogP contribution in [0.4, 0.5) is 0 Å². The predicted molar refractivity (Wildman–Crippen MR) is 59.9 cm³/mol. The van der Waals surface area contributed by atoms with Crippen molar-refractivity contribution < 1.29 is 9.53 Å². The minimum Gasteiger partial charge on any atom is -0.462 e. The maximum atomic E-state index is 11.4. The number of hydrogen-bond acceptors (Lipinski definition) is 3. The molecule has 3 heteroatoms. The van der Waals surface area contributed by atoms with Gasteiger partial charge in [0, 0.05) is 6.04 Å². The number of carbonyl (C=O) groups excluding carboxylic acids is 1. The number of hydrogen-bond donors (Lipinski definition) is 1. The highest BCUT2D eigenvalue weighted by atomic mass is 16.5. The first-order valence-electron chi connectivity index (χ1n) is 5.13. The average Bonchev–Trinajstić information content (AvgIpc) is 2.28. The van der Waals surface area contributed by atoms with Crippen molar-refractivity contribution in [3.63, 3.8) is 0 Å². The van der Waals surface area contributed by atoms with Crippen LogP contribution in [0.5, 0.6) is 0 Å². The van der Waals surface area contributed by atoms with Crippen molar-refractivity contribution >= 4 is 5.97 Å². The lowest BCUT2D eigenvalue weighted by Crippen LogP contribution is -2.12. The van der Waals surface area contributed by atoms with Crippen molar-refractivity contribution in [2.45, 2.75) is 19.9 Å². The minimum absolute atomic E-state index is 0.263. The van der Waals surface area contributed by atoms with Gasteiger partial charge >= 0.3 is 5.97 Å². The second-order valence-corrected chi connectivity index (χ2v) is 3.35. The lowest BCUT2D eigenvalue weighted by atomic mass is 10.1. The maximum Gasteiger partial charge on any atom is 0.338 e. The van der Waals surface area contributed by atoms with Gasteiger partial charge in [-0.05, 0) is 38.6 Å². The molecule has 0 amide bonds. The lowest BCUT2D eigenvalue weighted by Gasteiger charge is -2.10. The van der Waals surface area contributed by atoms with Crippen LogP contribution in [0, 0.1) is 0 Å². The van der Waals surface area contributed by atoms with Crippen LogP contribution >= 0.6 is 0 Å². The number of carbonyl (C=O) groups is 1. The second kappa shape index (κ2) is 5.51. The highest BCUT2D eigenvalue weighted by Crippen LogP contribution is 2.13. The first kappa shape index (κ1) is 11.7. The molecule has 0 radical (unpaired) electrons. The molecule has 1 aromatic rings. The van der Waals surface area contributed by atoms with Gasteiger partial charge in [0.05, 0.1) is 12.2 Å². The van der Waals surface area contributed by atoms with E-state index in [1.807, 2.05) is 19.2 Å². The smallest absolute Gasteiger partial charge is 0.338 e. The largest absolute Gasteiger partial charge is 0.462 e. The standard InChI is InChI=1S/C12H17NO2/c1-4-15-12(14)11-7-5-10(6-8-11)9(2)13-3/h5-9,13H,4H2,1-3H3/t9-/m0/s1. The molecule has 0 fully saturated rings. The molecule has 1 N–H and O–H groups in total. The van der Waals surface area contributed by atoms with Gasteiger partial charge in [0.15, 0.2) is 0 Å². The Morgan fingerprint density at radius 3 is 2.47 bits per heavy atom. The number of nitrogens with one attached hydrogen (secondary N) is 1. The molecule has 0 saturated heterocycles. The van der Waals surface area contributed by atoms with E-state index in [0.717, 1.165) is 5.56 Å². The van der Waals surface area contributed by atoms with E-state index < -0.39 is 0 Å². The number of rotatable bonds is 4. The van der Waals surface area contributed by atoms with Gasteiger partial charge in [0.25, 0.3) is 0 Å². The summed E-state index contributed by atoms with van der Waals surface area (Å²) in [5.74, 6) is -0.263. The van der Waals surface area contributed by atoms with Gasteiger partial charge in [-0.2, -0.15) is 0 Å². The van der Waals surface area contributed by atoms with Crippen molar-refractivity contribution in [3.8, 4) is 0 Å². The Bertz CT molecular complexity index is 319. The molecule has 0 aliphatic rings. The van der Waals surface area contributed by atoms with E-state index in [9.17, 15) is 4.79 Å². The summed E-state index contributed by atoms with van der Waals surface area (Å²) >= 11 is 0. The molecule has 0 aromatic heterocycles. The molecule has 1 atom stereocenters. The molecule has 0 spiro atoms. The van der Waals surface area contributed by atoms with Gasteiger partial charge in [0.2, 0.25) is 0 Å². The van der Waals surface area contributed by atoms with E-state index in [-0.39, 0.29) is 5.97 Å². The zero-order chi connectivity index (χ0) is 11.3. The summed E-state index contributed by atoms with van der Waals surface area (Å²) in [6, 6.07) is 7.75. The van der Waals surface area contributed by atoms with E-state index in [2.05, 4.69) is 12.2 Å².